The summed E-state index contributed by atoms with van der Waals surface area (Å²) in [6.45, 7) is 7.19. The van der Waals surface area contributed by atoms with Crippen molar-refractivity contribution < 1.29 is 4.79 Å². The monoisotopic (exact) mass is 183 g/mol. The zero-order valence-electron chi connectivity index (χ0n) is 8.88. The van der Waals surface area contributed by atoms with E-state index in [2.05, 4.69) is 18.7 Å². The fourth-order valence-electron chi connectivity index (χ4n) is 1.66. The van der Waals surface area contributed by atoms with Gasteiger partial charge in [0.25, 0.3) is 0 Å². The van der Waals surface area contributed by atoms with Gasteiger partial charge in [-0.3, -0.25) is 9.69 Å². The molecule has 0 atom stereocenters. The van der Waals surface area contributed by atoms with Crippen molar-refractivity contribution in [3.8, 4) is 0 Å². The van der Waals surface area contributed by atoms with Gasteiger partial charge in [0.15, 0.2) is 0 Å². The third kappa shape index (κ3) is 3.90. The Hall–Kier alpha value is -0.370. The maximum Gasteiger partial charge on any atom is 0.149 e. The van der Waals surface area contributed by atoms with E-state index in [1.54, 1.807) is 0 Å². The summed E-state index contributed by atoms with van der Waals surface area (Å²) in [6.07, 6.45) is 4.59. The van der Waals surface area contributed by atoms with Gasteiger partial charge in [0.05, 0.1) is 6.54 Å². The number of ketones is 1. The molecule has 0 aromatic rings. The Morgan fingerprint density at radius 2 is 1.77 bits per heavy atom. The predicted octanol–water partition coefficient (Wildman–Crippen LogP) is 2.09. The van der Waals surface area contributed by atoms with Crippen LogP contribution in [-0.4, -0.2) is 30.3 Å². The van der Waals surface area contributed by atoms with Gasteiger partial charge in [0, 0.05) is 5.92 Å². The van der Waals surface area contributed by atoms with Crippen LogP contribution in [0.5, 0.6) is 0 Å². The first-order chi connectivity index (χ1) is 6.27. The zero-order chi connectivity index (χ0) is 9.68. The molecule has 1 rings (SSSR count). The Labute approximate surface area is 81.3 Å². The minimum absolute atomic E-state index is 0.427. The molecule has 0 heterocycles. The summed E-state index contributed by atoms with van der Waals surface area (Å²) in [6, 6.07) is 0. The highest BCUT2D eigenvalue weighted by molar-refractivity contribution is 5.84. The third-order valence-corrected chi connectivity index (χ3v) is 2.49. The molecular formula is C11H21NO. The lowest BCUT2D eigenvalue weighted by atomic mass is 10.2. The molecule has 1 aliphatic rings. The summed E-state index contributed by atoms with van der Waals surface area (Å²) in [4.78, 5) is 13.8. The normalized spacial score (nSPS) is 16.5. The molecule has 0 unspecified atom stereocenters. The Morgan fingerprint density at radius 1 is 1.23 bits per heavy atom. The van der Waals surface area contributed by atoms with E-state index in [1.165, 1.54) is 0 Å². The lowest BCUT2D eigenvalue weighted by Gasteiger charge is -2.19. The molecule has 1 fully saturated rings. The van der Waals surface area contributed by atoms with Crippen molar-refractivity contribution in [1.82, 2.24) is 4.90 Å². The first-order valence-corrected chi connectivity index (χ1v) is 5.53. The summed E-state index contributed by atoms with van der Waals surface area (Å²) >= 11 is 0. The van der Waals surface area contributed by atoms with E-state index >= 15 is 0 Å². The van der Waals surface area contributed by atoms with Crippen molar-refractivity contribution in [2.24, 2.45) is 5.92 Å². The number of hydrogen-bond acceptors (Lipinski definition) is 2. The maximum absolute atomic E-state index is 11.5. The largest absolute Gasteiger partial charge is 0.298 e. The average molecular weight is 183 g/mol. The zero-order valence-corrected chi connectivity index (χ0v) is 8.88. The molecule has 0 aliphatic heterocycles. The summed E-state index contributed by atoms with van der Waals surface area (Å²) < 4.78 is 0. The Bertz CT molecular complexity index is 157. The fraction of sp³-hybridized carbons (Fsp3) is 0.909. The van der Waals surface area contributed by atoms with Gasteiger partial charge in [-0.15, -0.1) is 0 Å². The van der Waals surface area contributed by atoms with Crippen molar-refractivity contribution in [3.05, 3.63) is 0 Å². The second-order valence-corrected chi connectivity index (χ2v) is 4.02. The van der Waals surface area contributed by atoms with Crippen LogP contribution in [0.15, 0.2) is 0 Å². The van der Waals surface area contributed by atoms with Crippen molar-refractivity contribution in [3.63, 3.8) is 0 Å². The van der Waals surface area contributed by atoms with Gasteiger partial charge >= 0.3 is 0 Å². The van der Waals surface area contributed by atoms with Crippen molar-refractivity contribution >= 4 is 5.78 Å². The van der Waals surface area contributed by atoms with E-state index < -0.39 is 0 Å². The maximum atomic E-state index is 11.5. The highest BCUT2D eigenvalue weighted by Gasteiger charge is 2.29. The number of carbonyl (C=O) groups excluding carboxylic acids is 1. The molecule has 0 aromatic heterocycles. The van der Waals surface area contributed by atoms with E-state index in [-0.39, 0.29) is 0 Å². The van der Waals surface area contributed by atoms with Crippen LogP contribution in [0.25, 0.3) is 0 Å². The number of nitrogens with zero attached hydrogens (tertiary/aromatic N) is 1. The topological polar surface area (TPSA) is 20.3 Å². The van der Waals surface area contributed by atoms with Gasteiger partial charge in [-0.2, -0.15) is 0 Å². The van der Waals surface area contributed by atoms with Crippen molar-refractivity contribution in [2.75, 3.05) is 19.6 Å². The number of hydrogen-bond donors (Lipinski definition) is 0. The molecule has 0 N–H and O–H groups in total. The first kappa shape index (κ1) is 10.7. The molecule has 1 aliphatic carbocycles. The summed E-state index contributed by atoms with van der Waals surface area (Å²) in [7, 11) is 0. The van der Waals surface area contributed by atoms with Crippen LogP contribution in [0.4, 0.5) is 0 Å². The second kappa shape index (κ2) is 5.38. The lowest BCUT2D eigenvalue weighted by Crippen LogP contribution is -2.32. The standard InChI is InChI=1S/C11H21NO/c1-3-7-12(8-4-2)9-11(13)10-5-6-10/h10H,3-9H2,1-2H3. The minimum Gasteiger partial charge on any atom is -0.298 e. The summed E-state index contributed by atoms with van der Waals surface area (Å²) in [5.74, 6) is 0.901. The smallest absolute Gasteiger partial charge is 0.149 e. The van der Waals surface area contributed by atoms with E-state index in [0.29, 0.717) is 18.2 Å². The van der Waals surface area contributed by atoms with E-state index in [9.17, 15) is 4.79 Å². The van der Waals surface area contributed by atoms with E-state index in [0.717, 1.165) is 38.8 Å². The fourth-order valence-corrected chi connectivity index (χ4v) is 1.66. The van der Waals surface area contributed by atoms with Gasteiger partial charge in [0.1, 0.15) is 5.78 Å². The Morgan fingerprint density at radius 3 is 2.15 bits per heavy atom. The van der Waals surface area contributed by atoms with Crippen LogP contribution >= 0.6 is 0 Å². The summed E-state index contributed by atoms with van der Waals surface area (Å²) in [5, 5.41) is 0. The molecule has 13 heavy (non-hydrogen) atoms. The highest BCUT2D eigenvalue weighted by atomic mass is 16.1. The van der Waals surface area contributed by atoms with E-state index in [4.69, 9.17) is 0 Å². The minimum atomic E-state index is 0.427. The Kier molecular flexibility index (Phi) is 4.43. The van der Waals surface area contributed by atoms with Gasteiger partial charge in [-0.1, -0.05) is 13.8 Å². The van der Waals surface area contributed by atoms with Crippen LogP contribution in [-0.2, 0) is 4.79 Å². The van der Waals surface area contributed by atoms with Gasteiger partial charge < -0.3 is 0 Å². The third-order valence-electron chi connectivity index (χ3n) is 2.49. The number of carbonyl (C=O) groups is 1. The molecule has 1 saturated carbocycles. The molecule has 2 nitrogen and oxygen atoms in total. The van der Waals surface area contributed by atoms with Gasteiger partial charge in [-0.25, -0.2) is 0 Å². The summed E-state index contributed by atoms with van der Waals surface area (Å²) in [5.41, 5.74) is 0. The van der Waals surface area contributed by atoms with Gasteiger partial charge in [-0.05, 0) is 38.8 Å². The SMILES string of the molecule is CCCN(CCC)CC(=O)C1CC1. The molecule has 0 bridgehead atoms. The van der Waals surface area contributed by atoms with Crippen LogP contribution in [0, 0.1) is 5.92 Å². The lowest BCUT2D eigenvalue weighted by molar-refractivity contribution is -0.121. The predicted molar refractivity (Wildman–Crippen MR) is 54.8 cm³/mol. The van der Waals surface area contributed by atoms with Crippen LogP contribution in [0.2, 0.25) is 0 Å². The second-order valence-electron chi connectivity index (χ2n) is 4.02. The van der Waals surface area contributed by atoms with Crippen LogP contribution in [0.1, 0.15) is 39.5 Å². The number of rotatable bonds is 7. The van der Waals surface area contributed by atoms with Crippen LogP contribution < -0.4 is 0 Å². The molecule has 0 aromatic carbocycles. The molecule has 0 spiro atoms. The van der Waals surface area contributed by atoms with Crippen molar-refractivity contribution in [2.45, 2.75) is 39.5 Å². The molecule has 0 radical (unpaired) electrons. The molecule has 2 heteroatoms. The molecular weight excluding hydrogens is 162 g/mol. The highest BCUT2D eigenvalue weighted by Crippen LogP contribution is 2.29. The quantitative estimate of drug-likeness (QED) is 0.602. The molecule has 0 saturated heterocycles. The molecule has 0 amide bonds. The van der Waals surface area contributed by atoms with Gasteiger partial charge in [0.2, 0.25) is 0 Å². The number of Topliss-reactive ketones (excluding diaryl/α,β-unsaturated/α-hetero) is 1. The van der Waals surface area contributed by atoms with Crippen LogP contribution in [0.3, 0.4) is 0 Å². The first-order valence-electron chi connectivity index (χ1n) is 5.53. The van der Waals surface area contributed by atoms with E-state index in [1.807, 2.05) is 0 Å². The Balaban J connectivity index is 2.22. The molecule has 76 valence electrons. The average Bonchev–Trinajstić information content (AvgIpc) is 2.87. The van der Waals surface area contributed by atoms with Crippen molar-refractivity contribution in [1.29, 1.82) is 0 Å².